The van der Waals surface area contributed by atoms with E-state index in [0.29, 0.717) is 43.0 Å². The molecule has 0 amide bonds. The molecule has 5 N–H and O–H groups in total. The Labute approximate surface area is 142 Å². The molecule has 0 radical (unpaired) electrons. The number of thiophene rings is 1. The van der Waals surface area contributed by atoms with Gasteiger partial charge < -0.3 is 20.8 Å². The summed E-state index contributed by atoms with van der Waals surface area (Å²) in [5.41, 5.74) is 6.67. The summed E-state index contributed by atoms with van der Waals surface area (Å²) in [6.07, 6.45) is -1.08. The van der Waals surface area contributed by atoms with Crippen LogP contribution in [-0.4, -0.2) is 31.3 Å². The summed E-state index contributed by atoms with van der Waals surface area (Å²) in [6.45, 7) is 1.04. The minimum Gasteiger partial charge on any atom is -0.400 e. The summed E-state index contributed by atoms with van der Waals surface area (Å²) < 4.78 is 45.3. The fourth-order valence-electron chi connectivity index (χ4n) is 3.41. The van der Waals surface area contributed by atoms with E-state index in [0.717, 1.165) is 16.9 Å². The lowest BCUT2D eigenvalue weighted by atomic mass is 9.82. The van der Waals surface area contributed by atoms with Crippen molar-refractivity contribution in [2.75, 3.05) is 20.2 Å². The number of piperidine rings is 1. The molecule has 3 rings (SSSR count). The van der Waals surface area contributed by atoms with Crippen molar-refractivity contribution in [3.63, 3.8) is 0 Å². The molecule has 5 nitrogen and oxygen atoms in total. The number of hydrogen-bond donors (Lipinski definition) is 3. The van der Waals surface area contributed by atoms with Crippen LogP contribution < -0.4 is 16.9 Å². The van der Waals surface area contributed by atoms with Crippen LogP contribution in [0, 0.1) is 0 Å². The third kappa shape index (κ3) is 3.26. The maximum Gasteiger partial charge on any atom is 0.425 e. The van der Waals surface area contributed by atoms with Crippen LogP contribution in [0.4, 0.5) is 13.2 Å². The van der Waals surface area contributed by atoms with E-state index in [1.165, 1.54) is 11.1 Å². The number of halogens is 3. The maximum absolute atomic E-state index is 13.1. The number of nitrogens with one attached hydrogen (secondary N) is 1. The molecule has 2 aliphatic rings. The highest BCUT2D eigenvalue weighted by molar-refractivity contribution is 7.12. The molecule has 2 aliphatic heterocycles. The predicted octanol–water partition coefficient (Wildman–Crippen LogP) is 1.89. The standard InChI is InChI=1S/C15H21F3N4OS/c1-22(20)8-10(19)11-7-14(3-4-21-11)13-9(2-5-23-14)6-12(24-13)15(16,17)18/h6,8,11,21H,2-5,7,19-20H2,1H3/b10-8-. The summed E-state index contributed by atoms with van der Waals surface area (Å²) in [4.78, 5) is 0.138. The summed E-state index contributed by atoms with van der Waals surface area (Å²) in [5.74, 6) is 5.59. The zero-order valence-corrected chi connectivity index (χ0v) is 14.1. The number of ether oxygens (including phenoxy) is 1. The van der Waals surface area contributed by atoms with Crippen molar-refractivity contribution < 1.29 is 17.9 Å². The van der Waals surface area contributed by atoms with Crippen molar-refractivity contribution in [1.29, 1.82) is 0 Å². The van der Waals surface area contributed by atoms with Gasteiger partial charge in [0, 0.05) is 30.2 Å². The van der Waals surface area contributed by atoms with Gasteiger partial charge in [0.1, 0.15) is 10.5 Å². The molecule has 0 aromatic carbocycles. The molecule has 9 heteroatoms. The van der Waals surface area contributed by atoms with Gasteiger partial charge in [-0.3, -0.25) is 0 Å². The number of hydrogen-bond acceptors (Lipinski definition) is 6. The highest BCUT2D eigenvalue weighted by Gasteiger charge is 2.46. The van der Waals surface area contributed by atoms with E-state index < -0.39 is 16.7 Å². The van der Waals surface area contributed by atoms with E-state index in [2.05, 4.69) is 5.32 Å². The van der Waals surface area contributed by atoms with E-state index in [1.807, 2.05) is 0 Å². The largest absolute Gasteiger partial charge is 0.425 e. The summed E-state index contributed by atoms with van der Waals surface area (Å²) in [5, 5.41) is 4.65. The Morgan fingerprint density at radius 2 is 2.29 bits per heavy atom. The van der Waals surface area contributed by atoms with Crippen molar-refractivity contribution in [3.8, 4) is 0 Å². The molecule has 0 bridgehead atoms. The first kappa shape index (κ1) is 17.5. The van der Waals surface area contributed by atoms with Gasteiger partial charge in [-0.25, -0.2) is 5.84 Å². The minimum absolute atomic E-state index is 0.188. The summed E-state index contributed by atoms with van der Waals surface area (Å²) in [6, 6.07) is 1.08. The zero-order valence-electron chi connectivity index (χ0n) is 13.3. The van der Waals surface area contributed by atoms with Crippen LogP contribution in [0.15, 0.2) is 18.0 Å². The zero-order chi connectivity index (χ0) is 17.5. The molecule has 3 heterocycles. The lowest BCUT2D eigenvalue weighted by Gasteiger charge is -2.43. The van der Waals surface area contributed by atoms with Crippen molar-refractivity contribution in [1.82, 2.24) is 10.3 Å². The predicted molar refractivity (Wildman–Crippen MR) is 85.9 cm³/mol. The van der Waals surface area contributed by atoms with Crippen molar-refractivity contribution in [2.24, 2.45) is 11.6 Å². The number of hydrazine groups is 1. The smallest absolute Gasteiger partial charge is 0.400 e. The van der Waals surface area contributed by atoms with Crippen LogP contribution in [0.5, 0.6) is 0 Å². The Morgan fingerprint density at radius 3 is 2.96 bits per heavy atom. The van der Waals surface area contributed by atoms with Gasteiger partial charge in [0.25, 0.3) is 0 Å². The number of rotatable bonds is 2. The van der Waals surface area contributed by atoms with E-state index in [4.69, 9.17) is 16.3 Å². The average Bonchev–Trinajstić information content (AvgIpc) is 2.93. The van der Waals surface area contributed by atoms with Crippen LogP contribution in [0.3, 0.4) is 0 Å². The molecule has 24 heavy (non-hydrogen) atoms. The third-order valence-corrected chi connectivity index (χ3v) is 5.87. The quantitative estimate of drug-likeness (QED) is 0.553. The van der Waals surface area contributed by atoms with Crippen molar-refractivity contribution >= 4 is 11.3 Å². The first-order valence-corrected chi connectivity index (χ1v) is 8.55. The number of alkyl halides is 3. The Kier molecular flexibility index (Phi) is 4.54. The second kappa shape index (κ2) is 6.21. The first-order chi connectivity index (χ1) is 11.2. The number of nitrogens with zero attached hydrogens (tertiary/aromatic N) is 1. The maximum atomic E-state index is 13.1. The molecule has 1 aromatic heterocycles. The second-order valence-corrected chi connectivity index (χ2v) is 7.36. The fourth-order valence-corrected chi connectivity index (χ4v) is 4.67. The number of nitrogens with two attached hydrogens (primary N) is 2. The van der Waals surface area contributed by atoms with Crippen LogP contribution in [0.2, 0.25) is 0 Å². The van der Waals surface area contributed by atoms with E-state index in [-0.39, 0.29) is 6.04 Å². The third-order valence-electron chi connectivity index (χ3n) is 4.46. The molecule has 134 valence electrons. The molecule has 1 spiro atoms. The molecule has 1 fully saturated rings. The van der Waals surface area contributed by atoms with Crippen molar-refractivity contribution in [3.05, 3.63) is 33.3 Å². The SMILES string of the molecule is CN(N)/C=C(\N)C1CC2(CCN1)OCCc1cc(C(F)(F)F)sc12. The monoisotopic (exact) mass is 362 g/mol. The van der Waals surface area contributed by atoms with Gasteiger partial charge in [0.2, 0.25) is 0 Å². The lowest BCUT2D eigenvalue weighted by Crippen LogP contribution is -2.51. The topological polar surface area (TPSA) is 76.5 Å². The van der Waals surface area contributed by atoms with Gasteiger partial charge in [-0.15, -0.1) is 11.3 Å². The van der Waals surface area contributed by atoms with Gasteiger partial charge in [-0.1, -0.05) is 0 Å². The Balaban J connectivity index is 1.93. The average molecular weight is 362 g/mol. The highest BCUT2D eigenvalue weighted by Crippen LogP contribution is 2.48. The Bertz CT molecular complexity index is 643. The second-order valence-electron chi connectivity index (χ2n) is 6.31. The van der Waals surface area contributed by atoms with Crippen molar-refractivity contribution in [2.45, 2.75) is 37.1 Å². The van der Waals surface area contributed by atoms with Crippen LogP contribution >= 0.6 is 11.3 Å². The molecular formula is C15H21F3N4OS. The minimum atomic E-state index is -4.32. The van der Waals surface area contributed by atoms with Crippen LogP contribution in [0.25, 0.3) is 0 Å². The highest BCUT2D eigenvalue weighted by atomic mass is 32.1. The van der Waals surface area contributed by atoms with E-state index in [1.54, 1.807) is 13.2 Å². The molecule has 0 saturated carbocycles. The summed E-state index contributed by atoms with van der Waals surface area (Å²) in [7, 11) is 1.66. The Hall–Kier alpha value is -1.29. The molecule has 1 saturated heterocycles. The van der Waals surface area contributed by atoms with Crippen LogP contribution in [0.1, 0.15) is 28.2 Å². The fraction of sp³-hybridized carbons (Fsp3) is 0.600. The van der Waals surface area contributed by atoms with E-state index >= 15 is 0 Å². The normalized spacial score (nSPS) is 28.0. The van der Waals surface area contributed by atoms with Gasteiger partial charge in [-0.2, -0.15) is 13.2 Å². The first-order valence-electron chi connectivity index (χ1n) is 7.74. The number of fused-ring (bicyclic) bond motifs is 2. The molecule has 0 aliphatic carbocycles. The molecule has 2 unspecified atom stereocenters. The van der Waals surface area contributed by atoms with Crippen LogP contribution in [-0.2, 0) is 22.9 Å². The molecule has 2 atom stereocenters. The molecular weight excluding hydrogens is 341 g/mol. The van der Waals surface area contributed by atoms with Gasteiger partial charge in [0.15, 0.2) is 0 Å². The van der Waals surface area contributed by atoms with Gasteiger partial charge in [0.05, 0.1) is 12.6 Å². The summed E-state index contributed by atoms with van der Waals surface area (Å²) >= 11 is 0.802. The Morgan fingerprint density at radius 1 is 1.54 bits per heavy atom. The van der Waals surface area contributed by atoms with E-state index in [9.17, 15) is 13.2 Å². The van der Waals surface area contributed by atoms with Gasteiger partial charge in [-0.05, 0) is 31.0 Å². The lowest BCUT2D eigenvalue weighted by molar-refractivity contribution is -0.134. The van der Waals surface area contributed by atoms with Gasteiger partial charge >= 0.3 is 6.18 Å². The molecule has 1 aromatic rings.